The first kappa shape index (κ1) is 14.1. The second kappa shape index (κ2) is 7.40. The first-order valence-corrected chi connectivity index (χ1v) is 7.15. The number of hydrogen-bond donors (Lipinski definition) is 1. The molecule has 1 N–H and O–H groups in total. The van der Waals surface area contributed by atoms with Gasteiger partial charge in [0.1, 0.15) is 5.75 Å². The molecule has 0 unspecified atom stereocenters. The van der Waals surface area contributed by atoms with Gasteiger partial charge >= 0.3 is 5.97 Å². The van der Waals surface area contributed by atoms with Gasteiger partial charge in [-0.05, 0) is 34.3 Å². The van der Waals surface area contributed by atoms with Crippen LogP contribution in [0.5, 0.6) is 5.75 Å². The van der Waals surface area contributed by atoms with E-state index in [2.05, 4.69) is 15.9 Å². The SMILES string of the molecule is CSCCOc1c(Br)cccc1/C=C/C(=O)O. The molecule has 3 nitrogen and oxygen atoms in total. The summed E-state index contributed by atoms with van der Waals surface area (Å²) in [5, 5.41) is 8.61. The number of carboxylic acids is 1. The van der Waals surface area contributed by atoms with E-state index in [1.807, 2.05) is 24.5 Å². The van der Waals surface area contributed by atoms with E-state index < -0.39 is 5.97 Å². The smallest absolute Gasteiger partial charge is 0.328 e. The molecule has 0 radical (unpaired) electrons. The second-order valence-electron chi connectivity index (χ2n) is 3.17. The molecule has 0 amide bonds. The number of aliphatic carboxylic acids is 1. The lowest BCUT2D eigenvalue weighted by Gasteiger charge is -2.10. The molecule has 0 bridgehead atoms. The van der Waals surface area contributed by atoms with Crippen LogP contribution in [0.3, 0.4) is 0 Å². The Morgan fingerprint density at radius 1 is 1.59 bits per heavy atom. The fourth-order valence-electron chi connectivity index (χ4n) is 1.20. The molecule has 0 heterocycles. The van der Waals surface area contributed by atoms with Gasteiger partial charge in [-0.2, -0.15) is 11.8 Å². The van der Waals surface area contributed by atoms with E-state index in [4.69, 9.17) is 9.84 Å². The highest BCUT2D eigenvalue weighted by molar-refractivity contribution is 9.10. The zero-order valence-corrected chi connectivity index (χ0v) is 11.8. The quantitative estimate of drug-likeness (QED) is 0.646. The minimum atomic E-state index is -0.972. The van der Waals surface area contributed by atoms with Crippen molar-refractivity contribution >= 4 is 39.7 Å². The molecule has 1 aromatic carbocycles. The van der Waals surface area contributed by atoms with Crippen LogP contribution < -0.4 is 4.74 Å². The molecule has 0 aliphatic carbocycles. The fourth-order valence-corrected chi connectivity index (χ4v) is 1.94. The van der Waals surface area contributed by atoms with Crippen molar-refractivity contribution in [1.82, 2.24) is 0 Å². The number of ether oxygens (including phenoxy) is 1. The van der Waals surface area contributed by atoms with Crippen LogP contribution in [-0.2, 0) is 4.79 Å². The highest BCUT2D eigenvalue weighted by Gasteiger charge is 2.05. The summed E-state index contributed by atoms with van der Waals surface area (Å²) in [6.45, 7) is 0.595. The molecule has 0 aliphatic rings. The molecule has 0 atom stereocenters. The van der Waals surface area contributed by atoms with Gasteiger partial charge in [0.2, 0.25) is 0 Å². The molecule has 5 heteroatoms. The Kier molecular flexibility index (Phi) is 6.15. The van der Waals surface area contributed by atoms with Gasteiger partial charge in [0, 0.05) is 17.4 Å². The van der Waals surface area contributed by atoms with Crippen LogP contribution in [0.4, 0.5) is 0 Å². The number of para-hydroxylation sites is 1. The third-order valence-corrected chi connectivity index (χ3v) is 3.14. The van der Waals surface area contributed by atoms with Crippen molar-refractivity contribution in [2.75, 3.05) is 18.6 Å². The molecule has 17 heavy (non-hydrogen) atoms. The summed E-state index contributed by atoms with van der Waals surface area (Å²) in [5.41, 5.74) is 0.753. The Balaban J connectivity index is 2.87. The van der Waals surface area contributed by atoms with Gasteiger partial charge in [-0.3, -0.25) is 0 Å². The predicted molar refractivity (Wildman–Crippen MR) is 74.7 cm³/mol. The van der Waals surface area contributed by atoms with E-state index in [1.54, 1.807) is 11.8 Å². The maximum absolute atomic E-state index is 10.5. The van der Waals surface area contributed by atoms with Crippen molar-refractivity contribution in [3.8, 4) is 5.75 Å². The van der Waals surface area contributed by atoms with Crippen LogP contribution in [-0.4, -0.2) is 29.7 Å². The maximum Gasteiger partial charge on any atom is 0.328 e. The largest absolute Gasteiger partial charge is 0.491 e. The van der Waals surface area contributed by atoms with Crippen LogP contribution in [0.25, 0.3) is 6.08 Å². The topological polar surface area (TPSA) is 46.5 Å². The third kappa shape index (κ3) is 4.83. The summed E-state index contributed by atoms with van der Waals surface area (Å²) < 4.78 is 6.45. The number of halogens is 1. The zero-order valence-electron chi connectivity index (χ0n) is 9.35. The number of carbonyl (C=O) groups is 1. The molecule has 0 saturated heterocycles. The molecular formula is C12H13BrO3S. The Labute approximate surface area is 113 Å². The molecule has 0 saturated carbocycles. The zero-order chi connectivity index (χ0) is 12.7. The predicted octanol–water partition coefficient (Wildman–Crippen LogP) is 3.29. The van der Waals surface area contributed by atoms with Crippen molar-refractivity contribution in [1.29, 1.82) is 0 Å². The van der Waals surface area contributed by atoms with Gasteiger partial charge in [-0.1, -0.05) is 12.1 Å². The van der Waals surface area contributed by atoms with Gasteiger partial charge in [-0.15, -0.1) is 0 Å². The lowest BCUT2D eigenvalue weighted by Crippen LogP contribution is -2.01. The molecule has 1 rings (SSSR count). The Hall–Kier alpha value is -0.940. The number of rotatable bonds is 6. The number of carboxylic acid groups (broad SMARTS) is 1. The summed E-state index contributed by atoms with van der Waals surface area (Å²) in [4.78, 5) is 10.5. The van der Waals surface area contributed by atoms with Crippen molar-refractivity contribution in [2.24, 2.45) is 0 Å². The van der Waals surface area contributed by atoms with Gasteiger partial charge in [0.25, 0.3) is 0 Å². The van der Waals surface area contributed by atoms with Crippen LogP contribution in [0.1, 0.15) is 5.56 Å². The molecule has 0 fully saturated rings. The van der Waals surface area contributed by atoms with Crippen molar-refractivity contribution in [3.05, 3.63) is 34.3 Å². The maximum atomic E-state index is 10.5. The van der Waals surface area contributed by atoms with E-state index in [-0.39, 0.29) is 0 Å². The molecule has 0 spiro atoms. The monoisotopic (exact) mass is 316 g/mol. The summed E-state index contributed by atoms with van der Waals surface area (Å²) in [6, 6.07) is 5.53. The molecule has 0 aliphatic heterocycles. The summed E-state index contributed by atoms with van der Waals surface area (Å²) in [5.74, 6) is 0.600. The van der Waals surface area contributed by atoms with Gasteiger partial charge in [0.15, 0.2) is 0 Å². The van der Waals surface area contributed by atoms with Crippen LogP contribution in [0, 0.1) is 0 Å². The molecule has 1 aromatic rings. The van der Waals surface area contributed by atoms with Crippen LogP contribution in [0.2, 0.25) is 0 Å². The third-order valence-electron chi connectivity index (χ3n) is 1.94. The molecule has 0 aromatic heterocycles. The Bertz CT molecular complexity index is 418. The highest BCUT2D eigenvalue weighted by Crippen LogP contribution is 2.30. The van der Waals surface area contributed by atoms with Gasteiger partial charge in [0.05, 0.1) is 11.1 Å². The van der Waals surface area contributed by atoms with Gasteiger partial charge < -0.3 is 9.84 Å². The average molecular weight is 317 g/mol. The minimum Gasteiger partial charge on any atom is -0.491 e. The lowest BCUT2D eigenvalue weighted by molar-refractivity contribution is -0.131. The minimum absolute atomic E-state index is 0.595. The lowest BCUT2D eigenvalue weighted by atomic mass is 10.2. The molecular weight excluding hydrogens is 304 g/mol. The normalized spacial score (nSPS) is 10.7. The van der Waals surface area contributed by atoms with Crippen molar-refractivity contribution in [3.63, 3.8) is 0 Å². The number of benzene rings is 1. The second-order valence-corrected chi connectivity index (χ2v) is 5.01. The standard InChI is InChI=1S/C12H13BrO3S/c1-17-8-7-16-12-9(5-6-11(14)15)3-2-4-10(12)13/h2-6H,7-8H2,1H3,(H,14,15)/b6-5+. The van der Waals surface area contributed by atoms with Crippen LogP contribution >= 0.6 is 27.7 Å². The average Bonchev–Trinajstić information content (AvgIpc) is 2.29. The van der Waals surface area contributed by atoms with Crippen molar-refractivity contribution < 1.29 is 14.6 Å². The van der Waals surface area contributed by atoms with E-state index >= 15 is 0 Å². The molecule has 92 valence electrons. The van der Waals surface area contributed by atoms with E-state index in [0.717, 1.165) is 21.9 Å². The van der Waals surface area contributed by atoms with Gasteiger partial charge in [-0.25, -0.2) is 4.79 Å². The highest BCUT2D eigenvalue weighted by atomic mass is 79.9. The summed E-state index contributed by atoms with van der Waals surface area (Å²) in [6.07, 6.45) is 4.64. The Morgan fingerprint density at radius 2 is 2.35 bits per heavy atom. The fraction of sp³-hybridized carbons (Fsp3) is 0.250. The van der Waals surface area contributed by atoms with Crippen molar-refractivity contribution in [2.45, 2.75) is 0 Å². The number of hydrogen-bond acceptors (Lipinski definition) is 3. The first-order chi connectivity index (χ1) is 8.15. The first-order valence-electron chi connectivity index (χ1n) is 4.96. The summed E-state index contributed by atoms with van der Waals surface area (Å²) >= 11 is 5.09. The summed E-state index contributed by atoms with van der Waals surface area (Å²) in [7, 11) is 0. The number of thioether (sulfide) groups is 1. The Morgan fingerprint density at radius 3 is 3.00 bits per heavy atom. The van der Waals surface area contributed by atoms with Crippen LogP contribution in [0.15, 0.2) is 28.7 Å². The van der Waals surface area contributed by atoms with E-state index in [9.17, 15) is 4.79 Å². The van der Waals surface area contributed by atoms with E-state index in [0.29, 0.717) is 12.4 Å². The van der Waals surface area contributed by atoms with E-state index in [1.165, 1.54) is 6.08 Å².